The van der Waals surface area contributed by atoms with Gasteiger partial charge in [-0.2, -0.15) is 0 Å². The molecule has 1 aromatic carbocycles. The van der Waals surface area contributed by atoms with Gasteiger partial charge in [-0.1, -0.05) is 13.0 Å². The van der Waals surface area contributed by atoms with Crippen molar-refractivity contribution < 1.29 is 14.3 Å². The lowest BCUT2D eigenvalue weighted by Gasteiger charge is -2.21. The summed E-state index contributed by atoms with van der Waals surface area (Å²) in [6.07, 6.45) is 6.42. The summed E-state index contributed by atoms with van der Waals surface area (Å²) < 4.78 is 12.0. The summed E-state index contributed by atoms with van der Waals surface area (Å²) in [6, 6.07) is 4.27. The topological polar surface area (TPSA) is 76.6 Å². The van der Waals surface area contributed by atoms with Crippen molar-refractivity contribution in [2.45, 2.75) is 44.6 Å². The van der Waals surface area contributed by atoms with Gasteiger partial charge in [-0.15, -0.1) is 0 Å². The molecule has 0 unspecified atom stereocenters. The zero-order chi connectivity index (χ0) is 18.6. The zero-order valence-electron chi connectivity index (χ0n) is 15.5. The molecule has 3 heterocycles. The smallest absolute Gasteiger partial charge is 0.322 e. The molecule has 1 N–H and O–H groups in total. The van der Waals surface area contributed by atoms with Crippen molar-refractivity contribution in [3.8, 4) is 17.5 Å². The molecule has 140 valence electrons. The number of fused-ring (bicyclic) bond motifs is 2. The normalized spacial score (nSPS) is 21.8. The third-order valence-electron chi connectivity index (χ3n) is 5.83. The molecule has 1 aromatic heterocycles. The van der Waals surface area contributed by atoms with Crippen LogP contribution < -0.4 is 19.7 Å². The minimum Gasteiger partial charge on any atom is -0.492 e. The fraction of sp³-hybridized carbons (Fsp3) is 0.450. The maximum atomic E-state index is 12.1. The highest BCUT2D eigenvalue weighted by Gasteiger charge is 2.53. The summed E-state index contributed by atoms with van der Waals surface area (Å²) >= 11 is 0. The van der Waals surface area contributed by atoms with Gasteiger partial charge in [0.1, 0.15) is 11.5 Å². The SMILES string of the molecule is CC[C@H]1CNC(=O)N1c1cnc(Oc2ccc(C)c3c2C2(CC2)CO3)nc1. The molecule has 1 atom stereocenters. The lowest BCUT2D eigenvalue weighted by molar-refractivity contribution is 0.251. The third-order valence-corrected chi connectivity index (χ3v) is 5.83. The number of aryl methyl sites for hydroxylation is 1. The first-order chi connectivity index (χ1) is 13.1. The van der Waals surface area contributed by atoms with Gasteiger partial charge in [0.15, 0.2) is 0 Å². The molecule has 27 heavy (non-hydrogen) atoms. The van der Waals surface area contributed by atoms with Gasteiger partial charge in [-0.3, -0.25) is 4.90 Å². The first-order valence-corrected chi connectivity index (χ1v) is 9.45. The number of carbonyl (C=O) groups excluding carboxylic acids is 1. The summed E-state index contributed by atoms with van der Waals surface area (Å²) in [5.74, 6) is 1.71. The molecule has 1 spiro atoms. The van der Waals surface area contributed by atoms with E-state index in [9.17, 15) is 4.79 Å². The van der Waals surface area contributed by atoms with Crippen molar-refractivity contribution in [1.82, 2.24) is 15.3 Å². The number of amides is 2. The number of hydrogen-bond donors (Lipinski definition) is 1. The van der Waals surface area contributed by atoms with Crippen molar-refractivity contribution in [1.29, 1.82) is 0 Å². The van der Waals surface area contributed by atoms with Gasteiger partial charge < -0.3 is 14.8 Å². The molecule has 2 aliphatic heterocycles. The van der Waals surface area contributed by atoms with E-state index in [1.165, 1.54) is 0 Å². The lowest BCUT2D eigenvalue weighted by atomic mass is 9.95. The Morgan fingerprint density at radius 1 is 1.33 bits per heavy atom. The van der Waals surface area contributed by atoms with Gasteiger partial charge in [0, 0.05) is 17.5 Å². The predicted octanol–water partition coefficient (Wildman–Crippen LogP) is 3.31. The monoisotopic (exact) mass is 366 g/mol. The molecule has 1 saturated heterocycles. The van der Waals surface area contributed by atoms with E-state index in [4.69, 9.17) is 9.47 Å². The third kappa shape index (κ3) is 2.52. The highest BCUT2D eigenvalue weighted by molar-refractivity contribution is 5.94. The standard InChI is InChI=1S/C20H22N4O3/c1-3-13-8-23-19(25)24(13)14-9-21-18(22-10-14)27-15-5-4-12(2)17-16(15)20(6-7-20)11-26-17/h4-5,9-10,13H,3,6-8,11H2,1-2H3,(H,23,25)/t13-/m0/s1. The summed E-state index contributed by atoms with van der Waals surface area (Å²) in [4.78, 5) is 22.5. The highest BCUT2D eigenvalue weighted by Crippen LogP contribution is 2.59. The van der Waals surface area contributed by atoms with E-state index in [1.807, 2.05) is 12.1 Å². The molecular weight excluding hydrogens is 344 g/mol. The van der Waals surface area contributed by atoms with Crippen molar-refractivity contribution in [3.63, 3.8) is 0 Å². The Balaban J connectivity index is 1.42. The maximum absolute atomic E-state index is 12.1. The summed E-state index contributed by atoms with van der Waals surface area (Å²) in [7, 11) is 0. The summed E-state index contributed by atoms with van der Waals surface area (Å²) in [5, 5.41) is 2.86. The quantitative estimate of drug-likeness (QED) is 0.898. The second-order valence-electron chi connectivity index (χ2n) is 7.60. The summed E-state index contributed by atoms with van der Waals surface area (Å²) in [5.41, 5.74) is 3.07. The van der Waals surface area contributed by atoms with Crippen LogP contribution in [0.4, 0.5) is 10.5 Å². The fourth-order valence-electron chi connectivity index (χ4n) is 4.06. The summed E-state index contributed by atoms with van der Waals surface area (Å²) in [6.45, 7) is 5.49. The number of hydrogen-bond acceptors (Lipinski definition) is 5. The number of urea groups is 1. The predicted molar refractivity (Wildman–Crippen MR) is 99.6 cm³/mol. The number of nitrogens with zero attached hydrogens (tertiary/aromatic N) is 3. The van der Waals surface area contributed by atoms with Crippen LogP contribution in [-0.2, 0) is 5.41 Å². The molecule has 2 amide bonds. The largest absolute Gasteiger partial charge is 0.492 e. The second-order valence-corrected chi connectivity index (χ2v) is 7.60. The average molecular weight is 366 g/mol. The minimum atomic E-state index is -0.108. The molecule has 0 bridgehead atoms. The van der Waals surface area contributed by atoms with Crippen molar-refractivity contribution >= 4 is 11.7 Å². The van der Waals surface area contributed by atoms with Crippen LogP contribution in [0.5, 0.6) is 17.5 Å². The highest BCUT2D eigenvalue weighted by atomic mass is 16.5. The van der Waals surface area contributed by atoms with Gasteiger partial charge in [-0.05, 0) is 37.8 Å². The van der Waals surface area contributed by atoms with Gasteiger partial charge in [0.25, 0.3) is 0 Å². The van der Waals surface area contributed by atoms with Crippen molar-refractivity contribution in [2.24, 2.45) is 0 Å². The molecule has 7 heteroatoms. The Morgan fingerprint density at radius 3 is 2.81 bits per heavy atom. The molecule has 1 aliphatic carbocycles. The van der Waals surface area contributed by atoms with E-state index in [0.29, 0.717) is 12.2 Å². The first kappa shape index (κ1) is 16.4. The Bertz CT molecular complexity index is 908. The Kier molecular flexibility index (Phi) is 3.54. The molecule has 1 saturated carbocycles. The van der Waals surface area contributed by atoms with E-state index in [0.717, 1.165) is 48.5 Å². The van der Waals surface area contributed by atoms with Crippen LogP contribution in [0, 0.1) is 6.92 Å². The van der Waals surface area contributed by atoms with Gasteiger partial charge in [0.05, 0.1) is 30.7 Å². The molecule has 2 aromatic rings. The number of rotatable bonds is 4. The fourth-order valence-corrected chi connectivity index (χ4v) is 4.06. The first-order valence-electron chi connectivity index (χ1n) is 9.45. The molecule has 5 rings (SSSR count). The average Bonchev–Trinajstić information content (AvgIpc) is 3.21. The van der Waals surface area contributed by atoms with E-state index in [-0.39, 0.29) is 23.5 Å². The van der Waals surface area contributed by atoms with Gasteiger partial charge in [0.2, 0.25) is 0 Å². The van der Waals surface area contributed by atoms with Crippen molar-refractivity contribution in [3.05, 3.63) is 35.7 Å². The number of benzene rings is 1. The van der Waals surface area contributed by atoms with E-state index >= 15 is 0 Å². The number of ether oxygens (including phenoxy) is 2. The van der Waals surface area contributed by atoms with E-state index < -0.39 is 0 Å². The van der Waals surface area contributed by atoms with Gasteiger partial charge in [-0.25, -0.2) is 14.8 Å². The number of aromatic nitrogens is 2. The number of anilines is 1. The van der Waals surface area contributed by atoms with Crippen LogP contribution >= 0.6 is 0 Å². The van der Waals surface area contributed by atoms with Crippen LogP contribution in [0.2, 0.25) is 0 Å². The Labute approximate surface area is 157 Å². The minimum absolute atomic E-state index is 0.108. The van der Waals surface area contributed by atoms with Crippen LogP contribution in [0.3, 0.4) is 0 Å². The molecule has 2 fully saturated rings. The van der Waals surface area contributed by atoms with Crippen LogP contribution in [0.25, 0.3) is 0 Å². The maximum Gasteiger partial charge on any atom is 0.322 e. The van der Waals surface area contributed by atoms with Crippen LogP contribution in [-0.4, -0.2) is 35.2 Å². The van der Waals surface area contributed by atoms with Crippen LogP contribution in [0.15, 0.2) is 24.5 Å². The molecule has 3 aliphatic rings. The van der Waals surface area contributed by atoms with Gasteiger partial charge >= 0.3 is 12.0 Å². The lowest BCUT2D eigenvalue weighted by Crippen LogP contribution is -2.33. The number of nitrogens with one attached hydrogen (secondary N) is 1. The molecule has 0 radical (unpaired) electrons. The second kappa shape index (κ2) is 5.84. The Morgan fingerprint density at radius 2 is 2.11 bits per heavy atom. The van der Waals surface area contributed by atoms with Crippen LogP contribution in [0.1, 0.15) is 37.3 Å². The molecule has 7 nitrogen and oxygen atoms in total. The number of carbonyl (C=O) groups is 1. The van der Waals surface area contributed by atoms with E-state index in [2.05, 4.69) is 29.1 Å². The Hall–Kier alpha value is -2.83. The van der Waals surface area contributed by atoms with E-state index in [1.54, 1.807) is 17.3 Å². The molecular formula is C20H22N4O3. The zero-order valence-corrected chi connectivity index (χ0v) is 15.5. The van der Waals surface area contributed by atoms with Crippen molar-refractivity contribution in [2.75, 3.05) is 18.1 Å².